The van der Waals surface area contributed by atoms with Crippen LogP contribution in [0.3, 0.4) is 0 Å². The van der Waals surface area contributed by atoms with Crippen molar-refractivity contribution in [1.29, 1.82) is 0 Å². The summed E-state index contributed by atoms with van der Waals surface area (Å²) in [5.74, 6) is -4.37. The Morgan fingerprint density at radius 2 is 1.32 bits per heavy atom. The van der Waals surface area contributed by atoms with Gasteiger partial charge in [0.15, 0.2) is 12.7 Å². The molecule has 6 amide bonds. The van der Waals surface area contributed by atoms with Crippen LogP contribution in [0.25, 0.3) is 0 Å². The van der Waals surface area contributed by atoms with E-state index in [2.05, 4.69) is 26.0 Å². The lowest BCUT2D eigenvalue weighted by molar-refractivity contribution is -0.159. The highest BCUT2D eigenvalue weighted by Gasteiger charge is 2.41. The minimum Gasteiger partial charge on any atom is -0.484 e. The van der Waals surface area contributed by atoms with E-state index in [1.807, 2.05) is 81.4 Å². The number of esters is 1. The number of anilines is 1. The molecular weight excluding hydrogens is 773 g/mol. The van der Waals surface area contributed by atoms with Crippen molar-refractivity contribution in [3.63, 3.8) is 0 Å². The maximum absolute atomic E-state index is 13.7. The van der Waals surface area contributed by atoms with Crippen molar-refractivity contribution < 1.29 is 48.1 Å². The highest BCUT2D eigenvalue weighted by atomic mass is 16.5. The van der Waals surface area contributed by atoms with E-state index in [1.165, 1.54) is 4.90 Å². The summed E-state index contributed by atoms with van der Waals surface area (Å²) in [6.07, 6.45) is 0.506. The molecule has 5 rings (SSSR count). The predicted molar refractivity (Wildman–Crippen MR) is 220 cm³/mol. The molecule has 16 heteroatoms. The fraction of sp³-hybridized carbons (Fsp3) is 0.432. The highest BCUT2D eigenvalue weighted by Crippen LogP contribution is 2.23. The number of likely N-dealkylation sites (tertiary alicyclic amines) is 2. The van der Waals surface area contributed by atoms with Crippen LogP contribution in [0.5, 0.6) is 5.75 Å². The Kier molecular flexibility index (Phi) is 15.4. The number of aliphatic hydroxyl groups is 1. The Bertz CT molecular complexity index is 1990. The van der Waals surface area contributed by atoms with Crippen molar-refractivity contribution in [2.75, 3.05) is 32.1 Å². The first kappa shape index (κ1) is 44.8. The van der Waals surface area contributed by atoms with E-state index < -0.39 is 77.9 Å². The Hall–Kier alpha value is -6.29. The summed E-state index contributed by atoms with van der Waals surface area (Å²) in [4.78, 5) is 94.0. The molecule has 0 spiro atoms. The monoisotopic (exact) mass is 826 g/mol. The molecule has 5 atom stereocenters. The molecule has 3 aromatic carbocycles. The van der Waals surface area contributed by atoms with E-state index in [1.54, 1.807) is 24.3 Å². The zero-order valence-electron chi connectivity index (χ0n) is 34.3. The first-order valence-electron chi connectivity index (χ1n) is 20.0. The fourth-order valence-electron chi connectivity index (χ4n) is 7.28. The van der Waals surface area contributed by atoms with Gasteiger partial charge in [0.2, 0.25) is 17.7 Å². The number of nitrogens with zero attached hydrogens (tertiary/aromatic N) is 2. The molecule has 0 radical (unpaired) electrons. The molecule has 0 unspecified atom stereocenters. The van der Waals surface area contributed by atoms with Crippen LogP contribution < -0.4 is 26.0 Å². The maximum atomic E-state index is 13.7. The molecule has 2 aliphatic heterocycles. The van der Waals surface area contributed by atoms with E-state index in [0.29, 0.717) is 37.9 Å². The summed E-state index contributed by atoms with van der Waals surface area (Å²) in [5, 5.41) is 22.6. The summed E-state index contributed by atoms with van der Waals surface area (Å²) in [5.41, 5.74) is 1.42. The summed E-state index contributed by atoms with van der Waals surface area (Å²) >= 11 is 0. The van der Waals surface area contributed by atoms with E-state index in [4.69, 9.17) is 4.74 Å². The van der Waals surface area contributed by atoms with Gasteiger partial charge in [-0.2, -0.15) is 0 Å². The van der Waals surface area contributed by atoms with E-state index >= 15 is 0 Å². The second kappa shape index (κ2) is 20.6. The van der Waals surface area contributed by atoms with Crippen molar-refractivity contribution in [2.24, 2.45) is 0 Å². The van der Waals surface area contributed by atoms with Crippen LogP contribution >= 0.6 is 0 Å². The molecular formula is C44H54N6O10. The Labute approximate surface area is 349 Å². The fourth-order valence-corrected chi connectivity index (χ4v) is 7.28. The average molecular weight is 827 g/mol. The zero-order valence-corrected chi connectivity index (χ0v) is 34.3. The minimum absolute atomic E-state index is 0.136. The third-order valence-corrected chi connectivity index (χ3v) is 10.2. The number of methoxy groups -OCH3 is 1. The van der Waals surface area contributed by atoms with Gasteiger partial charge in [-0.05, 0) is 88.3 Å². The Balaban J connectivity index is 1.20. The summed E-state index contributed by atoms with van der Waals surface area (Å²) in [6.45, 7) is 5.59. The number of rotatable bonds is 15. The number of benzene rings is 3. The van der Waals surface area contributed by atoms with Crippen molar-refractivity contribution in [2.45, 2.75) is 95.1 Å². The van der Waals surface area contributed by atoms with Crippen LogP contribution in [0.2, 0.25) is 0 Å². The van der Waals surface area contributed by atoms with Crippen LogP contribution in [-0.2, 0) is 51.1 Å². The Morgan fingerprint density at radius 1 is 0.750 bits per heavy atom. The van der Waals surface area contributed by atoms with Crippen molar-refractivity contribution in [1.82, 2.24) is 25.8 Å². The molecule has 2 heterocycles. The van der Waals surface area contributed by atoms with Gasteiger partial charge in [-0.3, -0.25) is 28.8 Å². The minimum atomic E-state index is -1.64. The molecule has 320 valence electrons. The molecule has 60 heavy (non-hydrogen) atoms. The van der Waals surface area contributed by atoms with Crippen LogP contribution in [-0.4, -0.2) is 119 Å². The number of ether oxygens (including phenoxy) is 2. The molecule has 3 aromatic rings. The van der Waals surface area contributed by atoms with E-state index in [-0.39, 0.29) is 31.0 Å². The lowest BCUT2D eigenvalue weighted by atomic mass is 9.99. The van der Waals surface area contributed by atoms with Crippen molar-refractivity contribution in [3.05, 3.63) is 96.1 Å². The highest BCUT2D eigenvalue weighted by molar-refractivity contribution is 6.32. The number of carbonyl (C=O) groups is 7. The lowest BCUT2D eigenvalue weighted by Gasteiger charge is -2.32. The lowest BCUT2D eigenvalue weighted by Crippen LogP contribution is -2.57. The largest absolute Gasteiger partial charge is 0.484 e. The van der Waals surface area contributed by atoms with Crippen LogP contribution in [0.15, 0.2) is 84.9 Å². The molecule has 2 aliphatic rings. The van der Waals surface area contributed by atoms with E-state index in [9.17, 15) is 38.7 Å². The summed E-state index contributed by atoms with van der Waals surface area (Å²) in [6, 6.07) is 20.6. The third-order valence-electron chi connectivity index (χ3n) is 10.2. The molecule has 0 aromatic heterocycles. The number of hydrogen-bond acceptors (Lipinski definition) is 10. The summed E-state index contributed by atoms with van der Waals surface area (Å²) < 4.78 is 10.3. The first-order valence-corrected chi connectivity index (χ1v) is 20.0. The quantitative estimate of drug-likeness (QED) is 0.111. The molecule has 0 bridgehead atoms. The SMILES string of the molecule is COC(=O)C(=O)N1CCC[C@H]1C(=O)N[C@H](Cc1ccccc1)C(=O)Nc1ccc(OCC(=O)N[C@@H](Cc2ccccc2)[C@H](O)C(=O)N2CCC[C@H]2C(=O)NC(C)(C)C)cc1. The van der Waals surface area contributed by atoms with Gasteiger partial charge in [-0.25, -0.2) is 4.79 Å². The summed E-state index contributed by atoms with van der Waals surface area (Å²) in [7, 11) is 1.09. The number of aliphatic hydroxyl groups excluding tert-OH is 1. The van der Waals surface area contributed by atoms with Crippen molar-refractivity contribution >= 4 is 47.1 Å². The van der Waals surface area contributed by atoms with Gasteiger partial charge in [-0.1, -0.05) is 60.7 Å². The van der Waals surface area contributed by atoms with Gasteiger partial charge >= 0.3 is 11.9 Å². The van der Waals surface area contributed by atoms with Gasteiger partial charge in [0.25, 0.3) is 11.8 Å². The average Bonchev–Trinajstić information content (AvgIpc) is 3.93. The van der Waals surface area contributed by atoms with Crippen molar-refractivity contribution in [3.8, 4) is 5.75 Å². The first-order chi connectivity index (χ1) is 28.6. The number of nitrogens with one attached hydrogen (secondary N) is 4. The smallest absolute Gasteiger partial charge is 0.396 e. The van der Waals surface area contributed by atoms with Gasteiger partial charge in [0.05, 0.1) is 13.2 Å². The van der Waals surface area contributed by atoms with Crippen LogP contribution in [0, 0.1) is 0 Å². The van der Waals surface area contributed by atoms with E-state index in [0.717, 1.165) is 23.1 Å². The number of carbonyl (C=O) groups excluding carboxylic acids is 7. The second-order valence-corrected chi connectivity index (χ2v) is 15.9. The van der Waals surface area contributed by atoms with Crippen LogP contribution in [0.4, 0.5) is 5.69 Å². The van der Waals surface area contributed by atoms with Gasteiger partial charge in [0.1, 0.15) is 23.9 Å². The van der Waals surface area contributed by atoms with Gasteiger partial charge in [0, 0.05) is 30.7 Å². The molecule has 5 N–H and O–H groups in total. The third kappa shape index (κ3) is 12.4. The molecule has 0 aliphatic carbocycles. The molecule has 2 saturated heterocycles. The zero-order chi connectivity index (χ0) is 43.4. The number of hydrogen-bond donors (Lipinski definition) is 5. The normalized spacial score (nSPS) is 17.8. The van der Waals surface area contributed by atoms with Crippen LogP contribution in [0.1, 0.15) is 57.6 Å². The molecule has 0 saturated carbocycles. The van der Waals surface area contributed by atoms with Gasteiger partial charge in [-0.15, -0.1) is 0 Å². The molecule has 2 fully saturated rings. The second-order valence-electron chi connectivity index (χ2n) is 15.9. The predicted octanol–water partition coefficient (Wildman–Crippen LogP) is 1.89. The standard InChI is InChI=1S/C44H54N6O10/c1-44(2,3)48-40(55)35-18-12-23-49(35)41(56)37(52)32(25-28-13-7-5-8-14-28)46-36(51)27-60-31-21-19-30(20-22-31)45-38(53)33(26-29-15-9-6-10-16-29)47-39(54)34-17-11-24-50(34)42(57)43(58)59-4/h5-10,13-16,19-22,32-35,37,52H,11-12,17-18,23-27H2,1-4H3,(H,45,53)(H,46,51)(H,47,54)(H,48,55)/t32-,33+,34-,35-,37-/m0/s1. The topological polar surface area (TPSA) is 213 Å². The molecule has 16 nitrogen and oxygen atoms in total. The number of amides is 6. The van der Waals surface area contributed by atoms with Gasteiger partial charge < -0.3 is 45.6 Å². The Morgan fingerprint density at radius 3 is 1.90 bits per heavy atom. The maximum Gasteiger partial charge on any atom is 0.396 e.